The van der Waals surface area contributed by atoms with Gasteiger partial charge in [0.15, 0.2) is 5.82 Å². The summed E-state index contributed by atoms with van der Waals surface area (Å²) in [6, 6.07) is 7.95. The Balaban J connectivity index is 1.55. The molecule has 136 valence electrons. The highest BCUT2D eigenvalue weighted by Crippen LogP contribution is 2.29. The summed E-state index contributed by atoms with van der Waals surface area (Å²) in [6.07, 6.45) is 5.92. The first-order valence-corrected chi connectivity index (χ1v) is 9.15. The van der Waals surface area contributed by atoms with Crippen molar-refractivity contribution in [2.24, 2.45) is 5.92 Å². The van der Waals surface area contributed by atoms with Crippen LogP contribution in [0.4, 0.5) is 10.3 Å². The van der Waals surface area contributed by atoms with Crippen LogP contribution in [0, 0.1) is 11.7 Å². The summed E-state index contributed by atoms with van der Waals surface area (Å²) in [5.41, 5.74) is 2.18. The molecule has 1 aliphatic carbocycles. The molecule has 5 nitrogen and oxygen atoms in total. The van der Waals surface area contributed by atoms with E-state index in [0.29, 0.717) is 30.8 Å². The fourth-order valence-electron chi connectivity index (χ4n) is 3.67. The quantitative estimate of drug-likeness (QED) is 0.831. The Hall–Kier alpha value is -2.34. The maximum Gasteiger partial charge on any atom is 0.223 e. The highest BCUT2D eigenvalue weighted by Gasteiger charge is 2.23. The first kappa shape index (κ1) is 17.1. The predicted octanol–water partition coefficient (Wildman–Crippen LogP) is 3.57. The van der Waals surface area contributed by atoms with Crippen molar-refractivity contribution in [1.29, 1.82) is 0 Å². The van der Waals surface area contributed by atoms with Gasteiger partial charge in [-0.3, -0.25) is 0 Å². The number of nitrogens with zero attached hydrogens (tertiary/aromatic N) is 2. The van der Waals surface area contributed by atoms with E-state index in [1.54, 1.807) is 0 Å². The summed E-state index contributed by atoms with van der Waals surface area (Å²) < 4.78 is 19.6. The Morgan fingerprint density at radius 2 is 2.15 bits per heavy atom. The third-order valence-corrected chi connectivity index (χ3v) is 5.25. The van der Waals surface area contributed by atoms with Crippen molar-refractivity contribution < 1.29 is 13.9 Å². The van der Waals surface area contributed by atoms with Gasteiger partial charge in [0.25, 0.3) is 0 Å². The molecular formula is C20H22FN3O2. The lowest BCUT2D eigenvalue weighted by Crippen LogP contribution is -2.28. The zero-order valence-corrected chi connectivity index (χ0v) is 14.5. The van der Waals surface area contributed by atoms with Gasteiger partial charge < -0.3 is 14.8 Å². The van der Waals surface area contributed by atoms with Gasteiger partial charge >= 0.3 is 0 Å². The fraction of sp³-hybridized carbons (Fsp3) is 0.450. The van der Waals surface area contributed by atoms with Gasteiger partial charge in [-0.1, -0.05) is 24.6 Å². The lowest BCUT2D eigenvalue weighted by molar-refractivity contribution is -0.111. The maximum atomic E-state index is 14.4. The number of carbonyl (C=O) groups excluding carboxylic acids is 1. The Labute approximate surface area is 152 Å². The number of nitrogens with one attached hydrogen (secondary N) is 1. The van der Waals surface area contributed by atoms with Crippen LogP contribution < -0.4 is 5.32 Å². The van der Waals surface area contributed by atoms with E-state index in [1.165, 1.54) is 6.20 Å². The molecule has 2 aliphatic rings. The molecular weight excluding hydrogens is 333 g/mol. The third-order valence-electron chi connectivity index (χ3n) is 5.25. The average Bonchev–Trinajstić information content (AvgIpc) is 2.62. The summed E-state index contributed by atoms with van der Waals surface area (Å²) in [4.78, 5) is 19.5. The minimum Gasteiger partial charge on any atom is -0.380 e. The molecule has 1 saturated heterocycles. The molecule has 2 fully saturated rings. The summed E-state index contributed by atoms with van der Waals surface area (Å²) in [5, 5.41) is 3.27. The van der Waals surface area contributed by atoms with Crippen molar-refractivity contribution in [3.8, 4) is 11.3 Å². The monoisotopic (exact) mass is 355 g/mol. The molecule has 0 spiro atoms. The number of carbonyl (C=O) groups is 1. The van der Waals surface area contributed by atoms with Gasteiger partial charge in [0.2, 0.25) is 5.95 Å². The van der Waals surface area contributed by atoms with E-state index >= 15 is 0 Å². The molecule has 1 aromatic heterocycles. The number of ether oxygens (including phenoxy) is 1. The number of hydrogen-bond acceptors (Lipinski definition) is 5. The van der Waals surface area contributed by atoms with Gasteiger partial charge in [-0.2, -0.15) is 0 Å². The maximum absolute atomic E-state index is 14.4. The van der Waals surface area contributed by atoms with E-state index in [9.17, 15) is 9.18 Å². The predicted molar refractivity (Wildman–Crippen MR) is 96.4 cm³/mol. The van der Waals surface area contributed by atoms with Crippen molar-refractivity contribution in [1.82, 2.24) is 9.97 Å². The molecule has 1 aliphatic heterocycles. The zero-order chi connectivity index (χ0) is 17.9. The molecule has 1 saturated carbocycles. The Kier molecular flexibility index (Phi) is 4.93. The molecule has 0 bridgehead atoms. The van der Waals surface area contributed by atoms with Crippen LogP contribution in [0.5, 0.6) is 0 Å². The van der Waals surface area contributed by atoms with Crippen molar-refractivity contribution in [3.63, 3.8) is 0 Å². The van der Waals surface area contributed by atoms with E-state index in [2.05, 4.69) is 15.3 Å². The van der Waals surface area contributed by atoms with Crippen LogP contribution >= 0.6 is 0 Å². The molecule has 0 amide bonds. The van der Waals surface area contributed by atoms with Crippen LogP contribution in [0.15, 0.2) is 30.5 Å². The van der Waals surface area contributed by atoms with Gasteiger partial charge in [-0.25, -0.2) is 14.4 Å². The first-order chi connectivity index (χ1) is 12.7. The second-order valence-corrected chi connectivity index (χ2v) is 7.15. The summed E-state index contributed by atoms with van der Waals surface area (Å²) in [5.74, 6) is 0.435. The van der Waals surface area contributed by atoms with Crippen LogP contribution in [0.1, 0.15) is 37.2 Å². The van der Waals surface area contributed by atoms with Crippen LogP contribution in [-0.2, 0) is 9.53 Å². The Morgan fingerprint density at radius 1 is 1.27 bits per heavy atom. The van der Waals surface area contributed by atoms with E-state index in [0.717, 1.165) is 43.1 Å². The normalized spacial score (nSPS) is 23.3. The third kappa shape index (κ3) is 3.60. The van der Waals surface area contributed by atoms with Crippen LogP contribution in [-0.4, -0.2) is 35.5 Å². The molecule has 2 aromatic rings. The summed E-state index contributed by atoms with van der Waals surface area (Å²) >= 11 is 0. The highest BCUT2D eigenvalue weighted by molar-refractivity contribution is 5.62. The fourth-order valence-corrected chi connectivity index (χ4v) is 3.67. The highest BCUT2D eigenvalue weighted by atomic mass is 19.1. The van der Waals surface area contributed by atoms with Crippen LogP contribution in [0.3, 0.4) is 0 Å². The van der Waals surface area contributed by atoms with E-state index in [1.807, 2.05) is 24.3 Å². The van der Waals surface area contributed by atoms with Gasteiger partial charge in [0.05, 0.1) is 19.4 Å². The second-order valence-electron chi connectivity index (χ2n) is 7.15. The number of anilines is 1. The number of rotatable bonds is 5. The van der Waals surface area contributed by atoms with Crippen LogP contribution in [0.2, 0.25) is 0 Å². The van der Waals surface area contributed by atoms with E-state index in [-0.39, 0.29) is 12.0 Å². The molecule has 26 heavy (non-hydrogen) atoms. The summed E-state index contributed by atoms with van der Waals surface area (Å²) in [6.45, 7) is 1.42. The van der Waals surface area contributed by atoms with Crippen molar-refractivity contribution in [2.45, 2.75) is 37.6 Å². The molecule has 2 heterocycles. The number of halogens is 1. The second kappa shape index (κ2) is 7.50. The number of aromatic nitrogens is 2. The molecule has 6 heteroatoms. The average molecular weight is 355 g/mol. The topological polar surface area (TPSA) is 64.1 Å². The Bertz CT molecular complexity index is 794. The standard InChI is InChI=1S/C20H22FN3O2/c21-18-9-22-20(23-17-6-1-3-13(7-17)10-25)24-19(18)15-5-2-4-14(8-15)16-11-26-12-16/h2,4-5,8-10,13,16-17H,1,3,6-7,11-12H2,(H,22,23,24). The van der Waals surface area contributed by atoms with Crippen molar-refractivity contribution in [2.75, 3.05) is 18.5 Å². The van der Waals surface area contributed by atoms with Crippen molar-refractivity contribution in [3.05, 3.63) is 41.8 Å². The molecule has 2 atom stereocenters. The van der Waals surface area contributed by atoms with Gasteiger partial charge in [0.1, 0.15) is 12.0 Å². The lowest BCUT2D eigenvalue weighted by atomic mass is 9.87. The van der Waals surface area contributed by atoms with Crippen LogP contribution in [0.25, 0.3) is 11.3 Å². The number of hydrogen-bond donors (Lipinski definition) is 1. The molecule has 1 aromatic carbocycles. The van der Waals surface area contributed by atoms with E-state index in [4.69, 9.17) is 4.74 Å². The lowest BCUT2D eigenvalue weighted by Gasteiger charge is -2.27. The molecule has 4 rings (SSSR count). The minimum absolute atomic E-state index is 0.0857. The molecule has 0 radical (unpaired) electrons. The largest absolute Gasteiger partial charge is 0.380 e. The summed E-state index contributed by atoms with van der Waals surface area (Å²) in [7, 11) is 0. The van der Waals surface area contributed by atoms with Gasteiger partial charge in [-0.15, -0.1) is 0 Å². The SMILES string of the molecule is O=CC1CCCC(Nc2ncc(F)c(-c3cccc(C4COC4)c3)n2)C1. The molecule has 2 unspecified atom stereocenters. The smallest absolute Gasteiger partial charge is 0.223 e. The van der Waals surface area contributed by atoms with Gasteiger partial charge in [-0.05, 0) is 30.9 Å². The minimum atomic E-state index is -0.438. The van der Waals surface area contributed by atoms with Gasteiger partial charge in [0, 0.05) is 23.4 Å². The molecule has 1 N–H and O–H groups in total. The first-order valence-electron chi connectivity index (χ1n) is 9.15. The van der Waals surface area contributed by atoms with Crippen molar-refractivity contribution >= 4 is 12.2 Å². The van der Waals surface area contributed by atoms with E-state index < -0.39 is 5.82 Å². The zero-order valence-electron chi connectivity index (χ0n) is 14.5. The Morgan fingerprint density at radius 3 is 2.92 bits per heavy atom. The number of benzene rings is 1. The number of aldehydes is 1.